The second kappa shape index (κ2) is 6.57. The lowest BCUT2D eigenvalue weighted by Gasteiger charge is -2.36. The molecule has 0 aromatic carbocycles. The molecule has 0 saturated heterocycles. The van der Waals surface area contributed by atoms with Crippen molar-refractivity contribution in [3.63, 3.8) is 0 Å². The highest BCUT2D eigenvalue weighted by Crippen LogP contribution is 2.44. The molecule has 0 bridgehead atoms. The summed E-state index contributed by atoms with van der Waals surface area (Å²) < 4.78 is 0. The predicted molar refractivity (Wildman–Crippen MR) is 88.4 cm³/mol. The summed E-state index contributed by atoms with van der Waals surface area (Å²) in [5.74, 6) is 1.61. The van der Waals surface area contributed by atoms with Gasteiger partial charge in [-0.2, -0.15) is 0 Å². The van der Waals surface area contributed by atoms with Crippen LogP contribution in [0.25, 0.3) is 0 Å². The molecule has 2 nitrogen and oxygen atoms in total. The maximum absolute atomic E-state index is 4.94. The molecule has 3 heteroatoms. The summed E-state index contributed by atoms with van der Waals surface area (Å²) >= 11 is 1.95. The van der Waals surface area contributed by atoms with Crippen LogP contribution >= 0.6 is 11.3 Å². The van der Waals surface area contributed by atoms with Crippen molar-refractivity contribution in [3.05, 3.63) is 15.6 Å². The molecule has 0 atom stereocenters. The van der Waals surface area contributed by atoms with E-state index in [0.717, 1.165) is 24.8 Å². The van der Waals surface area contributed by atoms with Gasteiger partial charge in [0.2, 0.25) is 0 Å². The van der Waals surface area contributed by atoms with Gasteiger partial charge in [0, 0.05) is 17.3 Å². The first-order chi connectivity index (χ1) is 9.45. The van der Waals surface area contributed by atoms with Gasteiger partial charge in [0.25, 0.3) is 0 Å². The van der Waals surface area contributed by atoms with Crippen LogP contribution in [0.5, 0.6) is 0 Å². The molecule has 1 fully saturated rings. The van der Waals surface area contributed by atoms with E-state index < -0.39 is 0 Å². The summed E-state index contributed by atoms with van der Waals surface area (Å²) in [5.41, 5.74) is 1.79. The first-order valence-corrected chi connectivity index (χ1v) is 8.90. The molecular formula is C17H30N2S. The Bertz CT molecular complexity index is 423. The van der Waals surface area contributed by atoms with Crippen LogP contribution in [0.15, 0.2) is 0 Å². The van der Waals surface area contributed by atoms with E-state index in [1.165, 1.54) is 41.3 Å². The highest BCUT2D eigenvalue weighted by molar-refractivity contribution is 7.11. The molecule has 1 aliphatic carbocycles. The molecule has 0 radical (unpaired) electrons. The molecule has 1 aromatic rings. The minimum absolute atomic E-state index is 0.472. The van der Waals surface area contributed by atoms with Crippen LogP contribution in [0.1, 0.15) is 74.9 Å². The fourth-order valence-electron chi connectivity index (χ4n) is 3.36. The Morgan fingerprint density at radius 2 is 1.85 bits per heavy atom. The Morgan fingerprint density at radius 1 is 1.20 bits per heavy atom. The van der Waals surface area contributed by atoms with Crippen molar-refractivity contribution in [1.82, 2.24) is 10.3 Å². The molecule has 0 aliphatic heterocycles. The van der Waals surface area contributed by atoms with E-state index in [-0.39, 0.29) is 0 Å². The van der Waals surface area contributed by atoms with Crippen molar-refractivity contribution < 1.29 is 0 Å². The Balaban J connectivity index is 2.03. The van der Waals surface area contributed by atoms with E-state index in [1.54, 1.807) is 0 Å². The number of hydrogen-bond acceptors (Lipinski definition) is 3. The van der Waals surface area contributed by atoms with Crippen LogP contribution < -0.4 is 5.32 Å². The van der Waals surface area contributed by atoms with Crippen molar-refractivity contribution in [3.8, 4) is 0 Å². The number of aromatic nitrogens is 1. The lowest BCUT2D eigenvalue weighted by Crippen LogP contribution is -2.25. The number of nitrogens with zero attached hydrogens (tertiary/aromatic N) is 1. The first-order valence-electron chi connectivity index (χ1n) is 8.08. The van der Waals surface area contributed by atoms with Gasteiger partial charge in [-0.05, 0) is 50.5 Å². The molecule has 1 N–H and O–H groups in total. The van der Waals surface area contributed by atoms with Gasteiger partial charge in [0.15, 0.2) is 0 Å². The lowest BCUT2D eigenvalue weighted by atomic mass is 9.70. The second-order valence-electron chi connectivity index (χ2n) is 7.22. The molecule has 0 unspecified atom stereocenters. The molecule has 1 heterocycles. The van der Waals surface area contributed by atoms with Gasteiger partial charge in [-0.3, -0.25) is 0 Å². The van der Waals surface area contributed by atoms with Crippen LogP contribution in [-0.2, 0) is 13.0 Å². The van der Waals surface area contributed by atoms with Crippen molar-refractivity contribution in [2.45, 2.75) is 72.3 Å². The quantitative estimate of drug-likeness (QED) is 0.867. The maximum Gasteiger partial charge on any atom is 0.0962 e. The Hall–Kier alpha value is -0.410. The normalized spacial score (nSPS) is 24.1. The average molecular weight is 295 g/mol. The van der Waals surface area contributed by atoms with Gasteiger partial charge in [-0.15, -0.1) is 11.3 Å². The van der Waals surface area contributed by atoms with Gasteiger partial charge in [0.1, 0.15) is 0 Å². The molecule has 1 aromatic heterocycles. The second-order valence-corrected chi connectivity index (χ2v) is 8.34. The summed E-state index contributed by atoms with van der Waals surface area (Å²) in [7, 11) is 2.02. The number of hydrogen-bond donors (Lipinski definition) is 1. The van der Waals surface area contributed by atoms with Crippen molar-refractivity contribution in [2.24, 2.45) is 11.3 Å². The summed E-state index contributed by atoms with van der Waals surface area (Å²) in [4.78, 5) is 6.38. The molecule has 20 heavy (non-hydrogen) atoms. The van der Waals surface area contributed by atoms with Gasteiger partial charge >= 0.3 is 0 Å². The molecule has 2 rings (SSSR count). The van der Waals surface area contributed by atoms with Crippen LogP contribution in [0, 0.1) is 11.3 Å². The van der Waals surface area contributed by atoms with Crippen LogP contribution in [0.2, 0.25) is 0 Å². The Kier molecular flexibility index (Phi) is 5.25. The minimum Gasteiger partial charge on any atom is -0.315 e. The largest absolute Gasteiger partial charge is 0.315 e. The van der Waals surface area contributed by atoms with E-state index in [9.17, 15) is 0 Å². The maximum atomic E-state index is 4.94. The molecule has 0 amide bonds. The molecule has 114 valence electrons. The number of thiazole rings is 1. The topological polar surface area (TPSA) is 24.9 Å². The van der Waals surface area contributed by atoms with Gasteiger partial charge in [0.05, 0.1) is 10.7 Å². The molecule has 1 saturated carbocycles. The van der Waals surface area contributed by atoms with E-state index >= 15 is 0 Å². The third-order valence-corrected chi connectivity index (χ3v) is 6.03. The SMILES string of the molecule is CCc1nc(C2CCC(C(C)(C)C)CC2)sc1CNC. The van der Waals surface area contributed by atoms with Gasteiger partial charge in [-0.1, -0.05) is 27.7 Å². The third kappa shape index (κ3) is 3.62. The monoisotopic (exact) mass is 294 g/mol. The lowest BCUT2D eigenvalue weighted by molar-refractivity contribution is 0.169. The zero-order chi connectivity index (χ0) is 14.8. The molecular weight excluding hydrogens is 264 g/mol. The first kappa shape index (κ1) is 16.0. The van der Waals surface area contributed by atoms with Gasteiger partial charge < -0.3 is 5.32 Å². The Morgan fingerprint density at radius 3 is 2.35 bits per heavy atom. The standard InChI is InChI=1S/C17H30N2S/c1-6-14-15(11-18-5)20-16(19-14)12-7-9-13(10-8-12)17(2,3)4/h12-13,18H,6-11H2,1-5H3. The summed E-state index contributed by atoms with van der Waals surface area (Å²) in [5, 5.41) is 4.67. The summed E-state index contributed by atoms with van der Waals surface area (Å²) in [6, 6.07) is 0. The fraction of sp³-hybridized carbons (Fsp3) is 0.824. The van der Waals surface area contributed by atoms with E-state index in [4.69, 9.17) is 4.98 Å². The number of aryl methyl sites for hydroxylation is 1. The summed E-state index contributed by atoms with van der Waals surface area (Å²) in [6.07, 6.45) is 6.47. The zero-order valence-corrected chi connectivity index (χ0v) is 14.6. The molecule has 0 spiro atoms. The van der Waals surface area contributed by atoms with Crippen LogP contribution in [0.3, 0.4) is 0 Å². The third-order valence-electron chi connectivity index (χ3n) is 4.77. The fourth-order valence-corrected chi connectivity index (χ4v) is 4.69. The van der Waals surface area contributed by atoms with Gasteiger partial charge in [-0.25, -0.2) is 4.98 Å². The smallest absolute Gasteiger partial charge is 0.0962 e. The number of rotatable bonds is 4. The van der Waals surface area contributed by atoms with Crippen molar-refractivity contribution in [2.75, 3.05) is 7.05 Å². The average Bonchev–Trinajstić information content (AvgIpc) is 2.81. The number of nitrogens with one attached hydrogen (secondary N) is 1. The van der Waals surface area contributed by atoms with Crippen molar-refractivity contribution >= 4 is 11.3 Å². The Labute approximate surface area is 128 Å². The van der Waals surface area contributed by atoms with Crippen LogP contribution in [-0.4, -0.2) is 12.0 Å². The highest BCUT2D eigenvalue weighted by atomic mass is 32.1. The minimum atomic E-state index is 0.472. The van der Waals surface area contributed by atoms with E-state index in [0.29, 0.717) is 5.41 Å². The zero-order valence-electron chi connectivity index (χ0n) is 13.8. The highest BCUT2D eigenvalue weighted by Gasteiger charge is 2.31. The van der Waals surface area contributed by atoms with E-state index in [1.807, 2.05) is 18.4 Å². The van der Waals surface area contributed by atoms with E-state index in [2.05, 4.69) is 33.0 Å². The summed E-state index contributed by atoms with van der Waals surface area (Å²) in [6.45, 7) is 10.4. The van der Waals surface area contributed by atoms with Crippen LogP contribution in [0.4, 0.5) is 0 Å². The predicted octanol–water partition coefficient (Wildman–Crippen LogP) is 4.74. The molecule has 1 aliphatic rings. The van der Waals surface area contributed by atoms with Crippen molar-refractivity contribution in [1.29, 1.82) is 0 Å².